The van der Waals surface area contributed by atoms with Gasteiger partial charge in [-0.2, -0.15) is 0 Å². The van der Waals surface area contributed by atoms with E-state index in [-0.39, 0.29) is 17.2 Å². The van der Waals surface area contributed by atoms with Crippen LogP contribution in [0.2, 0.25) is 0 Å². The largest absolute Gasteiger partial charge is 0.495 e. The van der Waals surface area contributed by atoms with Crippen LogP contribution in [0.4, 0.5) is 5.69 Å². The number of anilines is 1. The van der Waals surface area contributed by atoms with Gasteiger partial charge in [-0.1, -0.05) is 18.2 Å². The summed E-state index contributed by atoms with van der Waals surface area (Å²) in [7, 11) is 0.752. The lowest BCUT2D eigenvalue weighted by molar-refractivity contribution is -0.115. The van der Waals surface area contributed by atoms with Gasteiger partial charge in [0.05, 0.1) is 24.1 Å². The van der Waals surface area contributed by atoms with Crippen LogP contribution in [0.25, 0.3) is 10.9 Å². The first kappa shape index (κ1) is 18.9. The van der Waals surface area contributed by atoms with E-state index in [1.165, 1.54) is 39.4 Å². The Labute approximate surface area is 158 Å². The molecule has 0 aliphatic rings. The number of carbonyl (C=O) groups excluding carboxylic acids is 1. The highest BCUT2D eigenvalue weighted by Gasteiger charge is 2.20. The molecule has 1 aromatic heterocycles. The standard InChI is InChI=1S/C19H21N3O4S/c1-22(2)27(24,25)14-8-9-18(26-3)17(11-14)21-19(23)10-13-12-20-16-7-5-4-6-15(13)16/h4-9,11-12,20H,10H2,1-3H3,(H,21,23). The van der Waals surface area contributed by atoms with Gasteiger partial charge in [0.1, 0.15) is 5.75 Å². The first-order chi connectivity index (χ1) is 12.8. The lowest BCUT2D eigenvalue weighted by Gasteiger charge is -2.15. The molecule has 0 unspecified atom stereocenters. The second-order valence-corrected chi connectivity index (χ2v) is 8.39. The number of aromatic amines is 1. The highest BCUT2D eigenvalue weighted by molar-refractivity contribution is 7.89. The average Bonchev–Trinajstić information content (AvgIpc) is 3.04. The van der Waals surface area contributed by atoms with Gasteiger partial charge < -0.3 is 15.0 Å². The van der Waals surface area contributed by atoms with Gasteiger partial charge in [0.15, 0.2) is 0 Å². The number of para-hydroxylation sites is 1. The maximum absolute atomic E-state index is 12.5. The Bertz CT molecular complexity index is 1090. The Morgan fingerprint density at radius 2 is 1.93 bits per heavy atom. The third-order valence-electron chi connectivity index (χ3n) is 4.25. The predicted octanol–water partition coefficient (Wildman–Crippen LogP) is 2.61. The average molecular weight is 387 g/mol. The number of rotatable bonds is 6. The van der Waals surface area contributed by atoms with E-state index in [1.54, 1.807) is 6.20 Å². The van der Waals surface area contributed by atoms with E-state index < -0.39 is 10.0 Å². The quantitative estimate of drug-likeness (QED) is 0.680. The van der Waals surface area contributed by atoms with E-state index in [2.05, 4.69) is 10.3 Å². The van der Waals surface area contributed by atoms with Crippen LogP contribution in [0.3, 0.4) is 0 Å². The fraction of sp³-hybridized carbons (Fsp3) is 0.211. The van der Waals surface area contributed by atoms with Gasteiger partial charge >= 0.3 is 0 Å². The molecule has 2 N–H and O–H groups in total. The number of nitrogens with one attached hydrogen (secondary N) is 2. The van der Waals surface area contributed by atoms with Gasteiger partial charge in [-0.25, -0.2) is 12.7 Å². The molecule has 0 radical (unpaired) electrons. The van der Waals surface area contributed by atoms with Crippen molar-refractivity contribution < 1.29 is 17.9 Å². The molecule has 0 spiro atoms. The second-order valence-electron chi connectivity index (χ2n) is 6.23. The number of sulfonamides is 1. The van der Waals surface area contributed by atoms with Gasteiger partial charge in [-0.05, 0) is 29.8 Å². The fourth-order valence-corrected chi connectivity index (χ4v) is 3.73. The van der Waals surface area contributed by atoms with Crippen molar-refractivity contribution in [2.75, 3.05) is 26.5 Å². The maximum atomic E-state index is 12.5. The molecule has 3 aromatic rings. The monoisotopic (exact) mass is 387 g/mol. The number of carbonyl (C=O) groups is 1. The zero-order chi connectivity index (χ0) is 19.6. The third kappa shape index (κ3) is 3.81. The molecule has 27 heavy (non-hydrogen) atoms. The Kier molecular flexibility index (Phi) is 5.20. The highest BCUT2D eigenvalue weighted by atomic mass is 32.2. The Hall–Kier alpha value is -2.84. The van der Waals surface area contributed by atoms with Gasteiger partial charge in [0.2, 0.25) is 15.9 Å². The first-order valence-electron chi connectivity index (χ1n) is 8.28. The molecule has 0 fully saturated rings. The Morgan fingerprint density at radius 3 is 2.63 bits per heavy atom. The molecule has 0 saturated heterocycles. The van der Waals surface area contributed by atoms with E-state index in [9.17, 15) is 13.2 Å². The van der Waals surface area contributed by atoms with Gasteiger partial charge in [0, 0.05) is 31.2 Å². The number of methoxy groups -OCH3 is 1. The van der Waals surface area contributed by atoms with Crippen LogP contribution in [0.15, 0.2) is 53.6 Å². The van der Waals surface area contributed by atoms with Gasteiger partial charge in [-0.3, -0.25) is 4.79 Å². The van der Waals surface area contributed by atoms with Crippen LogP contribution in [0, 0.1) is 0 Å². The number of H-pyrrole nitrogens is 1. The fourth-order valence-electron chi connectivity index (χ4n) is 2.80. The zero-order valence-electron chi connectivity index (χ0n) is 15.3. The summed E-state index contributed by atoms with van der Waals surface area (Å²) in [5.41, 5.74) is 2.13. The first-order valence-corrected chi connectivity index (χ1v) is 9.72. The van der Waals surface area contributed by atoms with Crippen molar-refractivity contribution in [3.8, 4) is 5.75 Å². The van der Waals surface area contributed by atoms with Crippen molar-refractivity contribution in [2.45, 2.75) is 11.3 Å². The molecule has 0 bridgehead atoms. The Balaban J connectivity index is 1.86. The van der Waals surface area contributed by atoms with Gasteiger partial charge in [0.25, 0.3) is 0 Å². The van der Waals surface area contributed by atoms with E-state index in [0.717, 1.165) is 20.8 Å². The number of fused-ring (bicyclic) bond motifs is 1. The summed E-state index contributed by atoms with van der Waals surface area (Å²) in [6, 6.07) is 12.1. The number of ether oxygens (including phenoxy) is 1. The predicted molar refractivity (Wildman–Crippen MR) is 104 cm³/mol. The van der Waals surface area contributed by atoms with Crippen LogP contribution >= 0.6 is 0 Å². The van der Waals surface area contributed by atoms with Crippen molar-refractivity contribution in [3.63, 3.8) is 0 Å². The molecule has 1 heterocycles. The molecular weight excluding hydrogens is 366 g/mol. The zero-order valence-corrected chi connectivity index (χ0v) is 16.1. The molecule has 0 saturated carbocycles. The SMILES string of the molecule is COc1ccc(S(=O)(=O)N(C)C)cc1NC(=O)Cc1c[nH]c2ccccc12. The van der Waals surface area contributed by atoms with E-state index in [0.29, 0.717) is 11.4 Å². The van der Waals surface area contributed by atoms with E-state index in [4.69, 9.17) is 4.74 Å². The maximum Gasteiger partial charge on any atom is 0.242 e. The number of hydrogen-bond acceptors (Lipinski definition) is 4. The molecular formula is C19H21N3O4S. The van der Waals surface area contributed by atoms with E-state index >= 15 is 0 Å². The number of amides is 1. The minimum atomic E-state index is -3.62. The molecule has 7 nitrogen and oxygen atoms in total. The minimum absolute atomic E-state index is 0.0793. The van der Waals surface area contributed by atoms with Crippen LogP contribution in [0.5, 0.6) is 5.75 Å². The van der Waals surface area contributed by atoms with Crippen molar-refractivity contribution in [3.05, 3.63) is 54.2 Å². The van der Waals surface area contributed by atoms with Crippen LogP contribution < -0.4 is 10.1 Å². The molecule has 2 aromatic carbocycles. The highest BCUT2D eigenvalue weighted by Crippen LogP contribution is 2.29. The van der Waals surface area contributed by atoms with Crippen LogP contribution in [-0.4, -0.2) is 44.8 Å². The summed E-state index contributed by atoms with van der Waals surface area (Å²) in [5.74, 6) is 0.123. The number of hydrogen-bond donors (Lipinski definition) is 2. The van der Waals surface area contributed by atoms with Gasteiger partial charge in [-0.15, -0.1) is 0 Å². The summed E-state index contributed by atoms with van der Waals surface area (Å²) in [6.07, 6.45) is 1.95. The summed E-state index contributed by atoms with van der Waals surface area (Å²) in [6.45, 7) is 0. The molecule has 0 aliphatic heterocycles. The minimum Gasteiger partial charge on any atom is -0.495 e. The summed E-state index contributed by atoms with van der Waals surface area (Å²) in [4.78, 5) is 15.8. The van der Waals surface area contributed by atoms with Crippen molar-refractivity contribution in [1.29, 1.82) is 0 Å². The molecule has 142 valence electrons. The summed E-state index contributed by atoms with van der Waals surface area (Å²) in [5, 5.41) is 3.73. The topological polar surface area (TPSA) is 91.5 Å². The van der Waals surface area contributed by atoms with Crippen molar-refractivity contribution in [2.24, 2.45) is 0 Å². The van der Waals surface area contributed by atoms with E-state index in [1.807, 2.05) is 24.3 Å². The van der Waals surface area contributed by atoms with Crippen molar-refractivity contribution in [1.82, 2.24) is 9.29 Å². The smallest absolute Gasteiger partial charge is 0.242 e. The molecule has 3 rings (SSSR count). The number of aromatic nitrogens is 1. The number of benzene rings is 2. The van der Waals surface area contributed by atoms with Crippen molar-refractivity contribution >= 4 is 32.5 Å². The number of nitrogens with zero attached hydrogens (tertiary/aromatic N) is 1. The molecule has 0 atom stereocenters. The normalized spacial score (nSPS) is 11.7. The second kappa shape index (κ2) is 7.42. The molecule has 0 aliphatic carbocycles. The summed E-state index contributed by atoms with van der Waals surface area (Å²) < 4.78 is 31.0. The molecule has 1 amide bonds. The van der Waals surface area contributed by atoms with Crippen LogP contribution in [-0.2, 0) is 21.2 Å². The lowest BCUT2D eigenvalue weighted by atomic mass is 10.1. The lowest BCUT2D eigenvalue weighted by Crippen LogP contribution is -2.22. The summed E-state index contributed by atoms with van der Waals surface area (Å²) >= 11 is 0. The molecule has 8 heteroatoms. The Morgan fingerprint density at radius 1 is 1.19 bits per heavy atom. The van der Waals surface area contributed by atoms with Crippen LogP contribution in [0.1, 0.15) is 5.56 Å². The third-order valence-corrected chi connectivity index (χ3v) is 6.06.